The van der Waals surface area contributed by atoms with Crippen molar-refractivity contribution in [2.75, 3.05) is 19.6 Å². The molecule has 2 heteroatoms. The lowest BCUT2D eigenvalue weighted by molar-refractivity contribution is 0.140. The van der Waals surface area contributed by atoms with Crippen LogP contribution in [0.4, 0.5) is 0 Å². The third kappa shape index (κ3) is 2.36. The third-order valence-corrected chi connectivity index (χ3v) is 4.52. The van der Waals surface area contributed by atoms with Gasteiger partial charge >= 0.3 is 0 Å². The van der Waals surface area contributed by atoms with Crippen molar-refractivity contribution in [3.8, 4) is 0 Å². The highest BCUT2D eigenvalue weighted by molar-refractivity contribution is 4.92. The number of nitrogens with zero attached hydrogens (tertiary/aromatic N) is 1. The zero-order chi connectivity index (χ0) is 10.1. The molecular weight excluding hydrogens is 184 g/mol. The molecule has 0 radical (unpaired) electrons. The van der Waals surface area contributed by atoms with Crippen molar-refractivity contribution in [1.29, 1.82) is 0 Å². The van der Waals surface area contributed by atoms with E-state index in [2.05, 4.69) is 10.2 Å². The van der Waals surface area contributed by atoms with Crippen molar-refractivity contribution in [1.82, 2.24) is 10.2 Å². The average molecular weight is 208 g/mol. The van der Waals surface area contributed by atoms with Gasteiger partial charge in [-0.25, -0.2) is 0 Å². The maximum Gasteiger partial charge on any atom is 0.0223 e. The van der Waals surface area contributed by atoms with E-state index in [1.165, 1.54) is 64.6 Å². The molecule has 0 amide bonds. The fourth-order valence-corrected chi connectivity index (χ4v) is 3.43. The Kier molecular flexibility index (Phi) is 2.98. The van der Waals surface area contributed by atoms with Gasteiger partial charge in [-0.3, -0.25) is 4.90 Å². The molecule has 0 bridgehead atoms. The largest absolute Gasteiger partial charge is 0.311 e. The lowest BCUT2D eigenvalue weighted by atomic mass is 9.83. The van der Waals surface area contributed by atoms with E-state index >= 15 is 0 Å². The van der Waals surface area contributed by atoms with E-state index in [0.29, 0.717) is 0 Å². The molecule has 0 aromatic carbocycles. The van der Waals surface area contributed by atoms with Gasteiger partial charge in [-0.15, -0.1) is 0 Å². The Morgan fingerprint density at radius 2 is 1.73 bits per heavy atom. The van der Waals surface area contributed by atoms with Gasteiger partial charge in [0.1, 0.15) is 0 Å². The highest BCUT2D eigenvalue weighted by Crippen LogP contribution is 2.31. The van der Waals surface area contributed by atoms with E-state index in [1.807, 2.05) is 0 Å². The second-order valence-corrected chi connectivity index (χ2v) is 5.68. The number of hydrogen-bond acceptors (Lipinski definition) is 2. The Hall–Kier alpha value is -0.0800. The summed E-state index contributed by atoms with van der Waals surface area (Å²) in [5.74, 6) is 0.986. The summed E-state index contributed by atoms with van der Waals surface area (Å²) < 4.78 is 0. The van der Waals surface area contributed by atoms with Crippen LogP contribution in [0.15, 0.2) is 0 Å². The Morgan fingerprint density at radius 3 is 2.47 bits per heavy atom. The minimum atomic E-state index is 0.819. The van der Waals surface area contributed by atoms with Gasteiger partial charge < -0.3 is 5.32 Å². The molecule has 1 unspecified atom stereocenters. The van der Waals surface area contributed by atoms with Crippen molar-refractivity contribution in [2.24, 2.45) is 5.92 Å². The van der Waals surface area contributed by atoms with E-state index in [-0.39, 0.29) is 0 Å². The number of piperazine rings is 1. The van der Waals surface area contributed by atoms with Gasteiger partial charge in [0.15, 0.2) is 0 Å². The zero-order valence-electron chi connectivity index (χ0n) is 9.75. The Bertz CT molecular complexity index is 207. The van der Waals surface area contributed by atoms with Gasteiger partial charge in [-0.05, 0) is 31.6 Å². The van der Waals surface area contributed by atoms with Crippen LogP contribution in [0.3, 0.4) is 0 Å². The summed E-state index contributed by atoms with van der Waals surface area (Å²) in [5, 5.41) is 3.76. The summed E-state index contributed by atoms with van der Waals surface area (Å²) in [6.45, 7) is 3.88. The van der Waals surface area contributed by atoms with Crippen LogP contribution in [0.2, 0.25) is 0 Å². The third-order valence-electron chi connectivity index (χ3n) is 4.52. The lowest BCUT2D eigenvalue weighted by Crippen LogP contribution is -2.54. The molecule has 1 aliphatic heterocycles. The highest BCUT2D eigenvalue weighted by atomic mass is 15.2. The molecular formula is C13H24N2. The number of hydrogen-bond donors (Lipinski definition) is 1. The highest BCUT2D eigenvalue weighted by Gasteiger charge is 2.34. The molecule has 86 valence electrons. The molecule has 1 saturated heterocycles. The van der Waals surface area contributed by atoms with Crippen molar-refractivity contribution in [2.45, 2.75) is 57.0 Å². The van der Waals surface area contributed by atoms with Crippen LogP contribution in [0.25, 0.3) is 0 Å². The molecule has 3 rings (SSSR count). The van der Waals surface area contributed by atoms with E-state index in [0.717, 1.165) is 18.0 Å². The summed E-state index contributed by atoms with van der Waals surface area (Å²) >= 11 is 0. The smallest absolute Gasteiger partial charge is 0.0223 e. The van der Waals surface area contributed by atoms with Gasteiger partial charge in [0.2, 0.25) is 0 Å². The van der Waals surface area contributed by atoms with Crippen LogP contribution in [-0.4, -0.2) is 36.6 Å². The molecule has 2 saturated carbocycles. The number of rotatable bonds is 2. The fraction of sp³-hybridized carbons (Fsp3) is 1.00. The minimum Gasteiger partial charge on any atom is -0.311 e. The molecule has 2 aliphatic carbocycles. The first-order chi connectivity index (χ1) is 7.43. The van der Waals surface area contributed by atoms with Crippen molar-refractivity contribution in [3.63, 3.8) is 0 Å². The van der Waals surface area contributed by atoms with Crippen LogP contribution >= 0.6 is 0 Å². The first kappa shape index (κ1) is 10.1. The van der Waals surface area contributed by atoms with E-state index in [1.54, 1.807) is 0 Å². The van der Waals surface area contributed by atoms with Crippen LogP contribution in [0, 0.1) is 5.92 Å². The predicted molar refractivity (Wildman–Crippen MR) is 63.0 cm³/mol. The zero-order valence-corrected chi connectivity index (χ0v) is 9.75. The first-order valence-corrected chi connectivity index (χ1v) is 6.91. The minimum absolute atomic E-state index is 0.819. The molecule has 2 nitrogen and oxygen atoms in total. The molecule has 3 fully saturated rings. The Morgan fingerprint density at radius 1 is 0.933 bits per heavy atom. The van der Waals surface area contributed by atoms with Gasteiger partial charge in [0.05, 0.1) is 0 Å². The van der Waals surface area contributed by atoms with Gasteiger partial charge in [0.25, 0.3) is 0 Å². The summed E-state index contributed by atoms with van der Waals surface area (Å²) in [7, 11) is 0. The summed E-state index contributed by atoms with van der Waals surface area (Å²) in [6.07, 6.45) is 10.3. The molecule has 1 heterocycles. The van der Waals surface area contributed by atoms with Crippen LogP contribution < -0.4 is 5.32 Å². The van der Waals surface area contributed by atoms with Gasteiger partial charge in [-0.1, -0.05) is 19.3 Å². The average Bonchev–Trinajstić information content (AvgIpc) is 3.14. The van der Waals surface area contributed by atoms with Crippen LogP contribution in [0.5, 0.6) is 0 Å². The monoisotopic (exact) mass is 208 g/mol. The molecule has 1 N–H and O–H groups in total. The Balaban J connectivity index is 1.55. The van der Waals surface area contributed by atoms with Crippen LogP contribution in [0.1, 0.15) is 44.9 Å². The summed E-state index contributed by atoms with van der Waals surface area (Å²) in [5.41, 5.74) is 0. The van der Waals surface area contributed by atoms with Gasteiger partial charge in [-0.2, -0.15) is 0 Å². The second-order valence-electron chi connectivity index (χ2n) is 5.68. The SMILES string of the molecule is C1CCC(C2CN(C3CC3)CCN2)CC1. The topological polar surface area (TPSA) is 15.3 Å². The van der Waals surface area contributed by atoms with E-state index in [4.69, 9.17) is 0 Å². The fourth-order valence-electron chi connectivity index (χ4n) is 3.43. The summed E-state index contributed by atoms with van der Waals surface area (Å²) in [4.78, 5) is 2.75. The molecule has 3 aliphatic rings. The van der Waals surface area contributed by atoms with Crippen LogP contribution in [-0.2, 0) is 0 Å². The van der Waals surface area contributed by atoms with Crippen molar-refractivity contribution in [3.05, 3.63) is 0 Å². The summed E-state index contributed by atoms with van der Waals surface area (Å²) in [6, 6.07) is 1.79. The molecule has 1 atom stereocenters. The Labute approximate surface area is 93.4 Å². The number of nitrogens with one attached hydrogen (secondary N) is 1. The second kappa shape index (κ2) is 4.42. The normalized spacial score (nSPS) is 35.6. The van der Waals surface area contributed by atoms with Gasteiger partial charge in [0, 0.05) is 31.7 Å². The lowest BCUT2D eigenvalue weighted by Gasteiger charge is -2.39. The first-order valence-electron chi connectivity index (χ1n) is 6.91. The van der Waals surface area contributed by atoms with E-state index < -0.39 is 0 Å². The molecule has 0 aromatic heterocycles. The predicted octanol–water partition coefficient (Wildman–Crippen LogP) is 2.00. The van der Waals surface area contributed by atoms with E-state index in [9.17, 15) is 0 Å². The maximum atomic E-state index is 3.76. The molecule has 15 heavy (non-hydrogen) atoms. The molecule has 0 spiro atoms. The quantitative estimate of drug-likeness (QED) is 0.747. The molecule has 0 aromatic rings. The standard InChI is InChI=1S/C13H24N2/c1-2-4-11(5-3-1)13-10-15(9-8-14-13)12-6-7-12/h11-14H,1-10H2. The van der Waals surface area contributed by atoms with Crippen molar-refractivity contribution >= 4 is 0 Å². The van der Waals surface area contributed by atoms with Crippen molar-refractivity contribution < 1.29 is 0 Å². The maximum absolute atomic E-state index is 3.76.